The first-order valence-electron chi connectivity index (χ1n) is 7.46. The molecule has 0 spiro atoms. The fourth-order valence-electron chi connectivity index (χ4n) is 2.17. The Morgan fingerprint density at radius 1 is 1.04 bits per heavy atom. The fraction of sp³-hybridized carbons (Fsp3) is 0.0556. The van der Waals surface area contributed by atoms with Gasteiger partial charge in [-0.25, -0.2) is 0 Å². The number of nitrogens with one attached hydrogen (secondary N) is 2. The first-order chi connectivity index (χ1) is 12.1. The second-order valence-electron chi connectivity index (χ2n) is 5.18. The summed E-state index contributed by atoms with van der Waals surface area (Å²) in [6, 6.07) is 14.0. The van der Waals surface area contributed by atoms with Crippen LogP contribution in [0.2, 0.25) is 4.34 Å². The second kappa shape index (κ2) is 7.92. The molecule has 0 aliphatic heterocycles. The first-order valence-corrected chi connectivity index (χ1v) is 8.65. The zero-order valence-corrected chi connectivity index (χ0v) is 14.6. The van der Waals surface area contributed by atoms with Crippen LogP contribution in [0, 0.1) is 0 Å². The largest absolute Gasteiger partial charge is 0.347 e. The molecule has 3 aromatic rings. The molecule has 3 rings (SSSR count). The number of thiophene rings is 1. The van der Waals surface area contributed by atoms with Crippen molar-refractivity contribution in [1.29, 1.82) is 0 Å². The van der Waals surface area contributed by atoms with Crippen LogP contribution in [0.3, 0.4) is 0 Å². The lowest BCUT2D eigenvalue weighted by Gasteiger charge is -2.08. The second-order valence-corrected chi connectivity index (χ2v) is 6.89. The van der Waals surface area contributed by atoms with Crippen molar-refractivity contribution < 1.29 is 9.59 Å². The minimum atomic E-state index is -0.211. The van der Waals surface area contributed by atoms with Gasteiger partial charge in [0.05, 0.1) is 9.21 Å². The van der Waals surface area contributed by atoms with Crippen molar-refractivity contribution >= 4 is 40.4 Å². The third-order valence-corrected chi connectivity index (χ3v) is 4.61. The lowest BCUT2D eigenvalue weighted by atomic mass is 10.2. The number of hydrogen-bond acceptors (Lipinski definition) is 4. The van der Waals surface area contributed by atoms with Gasteiger partial charge >= 0.3 is 0 Å². The zero-order valence-electron chi connectivity index (χ0n) is 13.0. The Bertz CT molecular complexity index is 896. The van der Waals surface area contributed by atoms with Gasteiger partial charge in [-0.05, 0) is 42.0 Å². The maximum absolute atomic E-state index is 12.2. The van der Waals surface area contributed by atoms with Gasteiger partial charge in [-0.1, -0.05) is 23.7 Å². The molecule has 0 aliphatic rings. The van der Waals surface area contributed by atoms with Gasteiger partial charge in [0, 0.05) is 30.2 Å². The van der Waals surface area contributed by atoms with Crippen LogP contribution in [0.25, 0.3) is 0 Å². The summed E-state index contributed by atoms with van der Waals surface area (Å²) in [4.78, 5) is 28.7. The Hall–Kier alpha value is -2.70. The Labute approximate surface area is 153 Å². The number of benzene rings is 1. The van der Waals surface area contributed by atoms with Crippen molar-refractivity contribution in [2.24, 2.45) is 0 Å². The van der Waals surface area contributed by atoms with E-state index < -0.39 is 0 Å². The van der Waals surface area contributed by atoms with Crippen LogP contribution in [0.15, 0.2) is 60.9 Å². The van der Waals surface area contributed by atoms with Crippen LogP contribution in [-0.2, 0) is 6.54 Å². The van der Waals surface area contributed by atoms with Crippen LogP contribution in [0.4, 0.5) is 5.69 Å². The van der Waals surface area contributed by atoms with Crippen molar-refractivity contribution in [2.45, 2.75) is 6.54 Å². The summed E-state index contributed by atoms with van der Waals surface area (Å²) < 4.78 is 0.575. The lowest BCUT2D eigenvalue weighted by Crippen LogP contribution is -2.21. The molecule has 126 valence electrons. The number of pyridine rings is 1. The summed E-state index contributed by atoms with van der Waals surface area (Å²) >= 11 is 7.07. The third-order valence-electron chi connectivity index (χ3n) is 3.38. The highest BCUT2D eigenvalue weighted by atomic mass is 35.5. The predicted octanol–water partition coefficient (Wildman–Crippen LogP) is 3.98. The molecular weight excluding hydrogens is 358 g/mol. The summed E-state index contributed by atoms with van der Waals surface area (Å²) in [5.41, 5.74) is 2.07. The number of nitrogens with zero attached hydrogens (tertiary/aromatic N) is 1. The molecule has 25 heavy (non-hydrogen) atoms. The topological polar surface area (TPSA) is 71.1 Å². The van der Waals surface area contributed by atoms with E-state index in [1.165, 1.54) is 11.3 Å². The molecule has 0 radical (unpaired) electrons. The van der Waals surface area contributed by atoms with Gasteiger partial charge in [-0.15, -0.1) is 11.3 Å². The standard InChI is InChI=1S/C18H14ClN3O2S/c19-16-5-4-15(25-16)18(24)21-11-12-2-1-3-14(10-12)22-17(23)13-6-8-20-9-7-13/h1-10H,11H2,(H,21,24)(H,22,23). The van der Waals surface area contributed by atoms with Gasteiger partial charge in [0.15, 0.2) is 0 Å². The summed E-state index contributed by atoms with van der Waals surface area (Å²) in [6.45, 7) is 0.354. The van der Waals surface area contributed by atoms with E-state index in [9.17, 15) is 9.59 Å². The maximum Gasteiger partial charge on any atom is 0.261 e. The summed E-state index contributed by atoms with van der Waals surface area (Å²) in [7, 11) is 0. The molecule has 0 saturated heterocycles. The van der Waals surface area contributed by atoms with E-state index in [0.717, 1.165) is 5.56 Å². The predicted molar refractivity (Wildman–Crippen MR) is 99.1 cm³/mol. The average molecular weight is 372 g/mol. The SMILES string of the molecule is O=C(Nc1cccc(CNC(=O)c2ccc(Cl)s2)c1)c1ccncc1. The molecule has 5 nitrogen and oxygen atoms in total. The minimum absolute atomic E-state index is 0.178. The van der Waals surface area contributed by atoms with Crippen molar-refractivity contribution in [1.82, 2.24) is 10.3 Å². The quantitative estimate of drug-likeness (QED) is 0.712. The van der Waals surface area contributed by atoms with E-state index >= 15 is 0 Å². The van der Waals surface area contributed by atoms with Crippen LogP contribution in [-0.4, -0.2) is 16.8 Å². The van der Waals surface area contributed by atoms with Crippen LogP contribution < -0.4 is 10.6 Å². The fourth-order valence-corrected chi connectivity index (χ4v) is 3.13. The zero-order chi connectivity index (χ0) is 17.6. The number of carbonyl (C=O) groups excluding carboxylic acids is 2. The first kappa shape index (κ1) is 17.1. The number of amides is 2. The van der Waals surface area contributed by atoms with E-state index in [0.29, 0.717) is 27.0 Å². The van der Waals surface area contributed by atoms with E-state index in [2.05, 4.69) is 15.6 Å². The van der Waals surface area contributed by atoms with Gasteiger partial charge in [0.2, 0.25) is 0 Å². The average Bonchev–Trinajstić information content (AvgIpc) is 3.07. The Balaban J connectivity index is 1.61. The third kappa shape index (κ3) is 4.65. The van der Waals surface area contributed by atoms with Gasteiger partial charge in [0.25, 0.3) is 11.8 Å². The highest BCUT2D eigenvalue weighted by molar-refractivity contribution is 7.17. The molecule has 0 saturated carbocycles. The lowest BCUT2D eigenvalue weighted by molar-refractivity contribution is 0.0954. The highest BCUT2D eigenvalue weighted by Crippen LogP contribution is 2.21. The summed E-state index contributed by atoms with van der Waals surface area (Å²) in [5, 5.41) is 5.66. The molecule has 0 fully saturated rings. The van der Waals surface area contributed by atoms with Gasteiger partial charge in [0.1, 0.15) is 0 Å². The normalized spacial score (nSPS) is 10.3. The number of halogens is 1. The van der Waals surface area contributed by atoms with Crippen molar-refractivity contribution in [3.05, 3.63) is 81.3 Å². The van der Waals surface area contributed by atoms with Gasteiger partial charge in [-0.2, -0.15) is 0 Å². The van der Waals surface area contributed by atoms with Crippen molar-refractivity contribution in [3.63, 3.8) is 0 Å². The molecule has 0 atom stereocenters. The Kier molecular flexibility index (Phi) is 5.42. The monoisotopic (exact) mass is 371 g/mol. The maximum atomic E-state index is 12.2. The van der Waals surface area contributed by atoms with Gasteiger partial charge < -0.3 is 10.6 Å². The molecule has 0 bridgehead atoms. The molecule has 2 amide bonds. The van der Waals surface area contributed by atoms with Crippen molar-refractivity contribution in [2.75, 3.05) is 5.32 Å². The smallest absolute Gasteiger partial charge is 0.261 e. The van der Waals surface area contributed by atoms with Crippen molar-refractivity contribution in [3.8, 4) is 0 Å². The summed E-state index contributed by atoms with van der Waals surface area (Å²) in [5.74, 6) is -0.389. The number of anilines is 1. The molecule has 2 N–H and O–H groups in total. The molecular formula is C18H14ClN3O2S. The Morgan fingerprint density at radius 2 is 1.84 bits per heavy atom. The number of aromatic nitrogens is 1. The number of hydrogen-bond donors (Lipinski definition) is 2. The molecule has 7 heteroatoms. The highest BCUT2D eigenvalue weighted by Gasteiger charge is 2.09. The van der Waals surface area contributed by atoms with Crippen LogP contribution in [0.1, 0.15) is 25.6 Å². The minimum Gasteiger partial charge on any atom is -0.347 e. The van der Waals surface area contributed by atoms with E-state index in [1.807, 2.05) is 18.2 Å². The van der Waals surface area contributed by atoms with Gasteiger partial charge in [-0.3, -0.25) is 14.6 Å². The van der Waals surface area contributed by atoms with E-state index in [4.69, 9.17) is 11.6 Å². The molecule has 2 heterocycles. The molecule has 0 aliphatic carbocycles. The van der Waals surface area contributed by atoms with E-state index in [-0.39, 0.29) is 11.8 Å². The van der Waals surface area contributed by atoms with Crippen LogP contribution >= 0.6 is 22.9 Å². The Morgan fingerprint density at radius 3 is 2.56 bits per heavy atom. The summed E-state index contributed by atoms with van der Waals surface area (Å²) in [6.07, 6.45) is 3.13. The van der Waals surface area contributed by atoms with Crippen LogP contribution in [0.5, 0.6) is 0 Å². The van der Waals surface area contributed by atoms with E-state index in [1.54, 1.807) is 42.7 Å². The molecule has 2 aromatic heterocycles. The molecule has 1 aromatic carbocycles. The number of rotatable bonds is 5. The number of carbonyl (C=O) groups is 2. The molecule has 0 unspecified atom stereocenters.